The van der Waals surface area contributed by atoms with Crippen molar-refractivity contribution in [2.75, 3.05) is 5.33 Å². The second-order valence-electron chi connectivity index (χ2n) is 2.49. The lowest BCUT2D eigenvalue weighted by Crippen LogP contribution is -2.29. The molecule has 1 aromatic carbocycles. The van der Waals surface area contributed by atoms with Crippen molar-refractivity contribution < 1.29 is 4.79 Å². The van der Waals surface area contributed by atoms with Crippen LogP contribution in [0.2, 0.25) is 0 Å². The second-order valence-corrected chi connectivity index (χ2v) is 3.05. The third-order valence-corrected chi connectivity index (χ3v) is 1.86. The van der Waals surface area contributed by atoms with Crippen LogP contribution in [-0.2, 0) is 0 Å². The van der Waals surface area contributed by atoms with E-state index in [0.717, 1.165) is 5.56 Å². The van der Waals surface area contributed by atoms with Gasteiger partial charge in [0.2, 0.25) is 0 Å². The molecule has 14 heavy (non-hydrogen) atoms. The van der Waals surface area contributed by atoms with Crippen LogP contribution in [0.4, 0.5) is 0 Å². The summed E-state index contributed by atoms with van der Waals surface area (Å²) in [5, 5.41) is 0.637. The maximum atomic E-state index is 11.1. The van der Waals surface area contributed by atoms with E-state index in [0.29, 0.717) is 10.9 Å². The number of carbonyl (C=O) groups is 1. The first-order chi connectivity index (χ1) is 6.77. The fourth-order valence-corrected chi connectivity index (χ4v) is 1.06. The molecule has 1 rings (SSSR count). The molecule has 0 fully saturated rings. The predicted octanol–water partition coefficient (Wildman–Crippen LogP) is 1.04. The van der Waals surface area contributed by atoms with Crippen LogP contribution in [0.15, 0.2) is 24.3 Å². The Kier molecular flexibility index (Phi) is 4.17. The number of halogens is 1. The lowest BCUT2D eigenvalue weighted by molar-refractivity contribution is 0.0953. The number of nitrogen functional groups attached to an aromatic ring is 1. The largest absolute Gasteiger partial charge is 0.290 e. The van der Waals surface area contributed by atoms with Crippen molar-refractivity contribution in [1.82, 2.24) is 5.43 Å². The van der Waals surface area contributed by atoms with Gasteiger partial charge >= 0.3 is 0 Å². The summed E-state index contributed by atoms with van der Waals surface area (Å²) in [5.74, 6) is 10.5. The number of amides is 1. The number of hydrogen-bond donors (Lipinski definition) is 2. The topological polar surface area (TPSA) is 55.1 Å². The van der Waals surface area contributed by atoms with Gasteiger partial charge in [0.05, 0.1) is 5.33 Å². The van der Waals surface area contributed by atoms with Gasteiger partial charge in [-0.3, -0.25) is 10.2 Å². The maximum Gasteiger partial charge on any atom is 0.265 e. The molecule has 3 N–H and O–H groups in total. The molecule has 0 radical (unpaired) electrons. The van der Waals surface area contributed by atoms with E-state index >= 15 is 0 Å². The zero-order chi connectivity index (χ0) is 10.4. The monoisotopic (exact) mass is 252 g/mol. The van der Waals surface area contributed by atoms with Gasteiger partial charge in [0.15, 0.2) is 0 Å². The van der Waals surface area contributed by atoms with E-state index in [2.05, 4.69) is 33.2 Å². The SMILES string of the molecule is NNC(=O)c1ccc(C#CCBr)cc1. The first-order valence-corrected chi connectivity index (χ1v) is 5.06. The highest BCUT2D eigenvalue weighted by Gasteiger charge is 2.00. The molecular weight excluding hydrogens is 244 g/mol. The average Bonchev–Trinajstić information content (AvgIpc) is 2.26. The van der Waals surface area contributed by atoms with Crippen LogP contribution in [0, 0.1) is 11.8 Å². The smallest absolute Gasteiger partial charge is 0.265 e. The molecule has 0 aromatic heterocycles. The summed E-state index contributed by atoms with van der Waals surface area (Å²) in [6.45, 7) is 0. The molecule has 0 aliphatic heterocycles. The fourth-order valence-electron chi connectivity index (χ4n) is 0.924. The lowest BCUT2D eigenvalue weighted by Gasteiger charge is -1.98. The van der Waals surface area contributed by atoms with E-state index in [1.54, 1.807) is 24.3 Å². The number of rotatable bonds is 1. The van der Waals surface area contributed by atoms with E-state index in [1.807, 2.05) is 0 Å². The van der Waals surface area contributed by atoms with Crippen molar-refractivity contribution >= 4 is 21.8 Å². The Morgan fingerprint density at radius 3 is 2.57 bits per heavy atom. The number of carbonyl (C=O) groups excluding carboxylic acids is 1. The number of hydrazine groups is 1. The second kappa shape index (κ2) is 5.43. The Balaban J connectivity index is 2.83. The quantitative estimate of drug-likeness (QED) is 0.258. The predicted molar refractivity (Wildman–Crippen MR) is 58.8 cm³/mol. The normalized spacial score (nSPS) is 8.71. The van der Waals surface area contributed by atoms with Crippen LogP contribution >= 0.6 is 15.9 Å². The van der Waals surface area contributed by atoms with Crippen molar-refractivity contribution in [3.8, 4) is 11.8 Å². The highest BCUT2D eigenvalue weighted by atomic mass is 79.9. The van der Waals surface area contributed by atoms with Gasteiger partial charge < -0.3 is 0 Å². The van der Waals surface area contributed by atoms with E-state index < -0.39 is 0 Å². The molecule has 72 valence electrons. The number of nitrogens with two attached hydrogens (primary N) is 1. The minimum atomic E-state index is -0.301. The highest BCUT2D eigenvalue weighted by Crippen LogP contribution is 2.02. The zero-order valence-electron chi connectivity index (χ0n) is 7.38. The Hall–Kier alpha value is -1.31. The van der Waals surface area contributed by atoms with E-state index in [9.17, 15) is 4.79 Å². The molecule has 0 aliphatic carbocycles. The first kappa shape index (κ1) is 10.8. The minimum Gasteiger partial charge on any atom is -0.290 e. The van der Waals surface area contributed by atoms with E-state index in [4.69, 9.17) is 5.84 Å². The van der Waals surface area contributed by atoms with Crippen LogP contribution in [0.25, 0.3) is 0 Å². The van der Waals surface area contributed by atoms with Crippen molar-refractivity contribution in [2.24, 2.45) is 5.84 Å². The zero-order valence-corrected chi connectivity index (χ0v) is 8.97. The standard InChI is InChI=1S/C10H9BrN2O/c11-7-1-2-8-3-5-9(6-4-8)10(14)13-12/h3-6H,7,12H2,(H,13,14). The summed E-state index contributed by atoms with van der Waals surface area (Å²) in [4.78, 5) is 11.1. The summed E-state index contributed by atoms with van der Waals surface area (Å²) in [7, 11) is 0. The van der Waals surface area contributed by atoms with Crippen LogP contribution in [0.5, 0.6) is 0 Å². The summed E-state index contributed by atoms with van der Waals surface area (Å²) in [6.07, 6.45) is 0. The fraction of sp³-hybridized carbons (Fsp3) is 0.100. The van der Waals surface area contributed by atoms with Gasteiger partial charge in [-0.05, 0) is 24.3 Å². The van der Waals surface area contributed by atoms with Crippen molar-refractivity contribution in [3.05, 3.63) is 35.4 Å². The Morgan fingerprint density at radius 2 is 2.07 bits per heavy atom. The molecule has 0 spiro atoms. The molecule has 1 aromatic rings. The summed E-state index contributed by atoms with van der Waals surface area (Å²) in [6, 6.07) is 6.92. The molecule has 0 unspecified atom stereocenters. The third kappa shape index (κ3) is 2.87. The summed E-state index contributed by atoms with van der Waals surface area (Å²) in [5.41, 5.74) is 3.46. The van der Waals surface area contributed by atoms with Crippen LogP contribution in [-0.4, -0.2) is 11.2 Å². The van der Waals surface area contributed by atoms with Gasteiger partial charge in [0.1, 0.15) is 0 Å². The molecular formula is C10H9BrN2O. The molecule has 0 heterocycles. The van der Waals surface area contributed by atoms with Crippen LogP contribution < -0.4 is 11.3 Å². The van der Waals surface area contributed by atoms with Crippen molar-refractivity contribution in [1.29, 1.82) is 0 Å². The first-order valence-electron chi connectivity index (χ1n) is 3.93. The maximum absolute atomic E-state index is 11.1. The van der Waals surface area contributed by atoms with Gasteiger partial charge in [0, 0.05) is 11.1 Å². The average molecular weight is 253 g/mol. The van der Waals surface area contributed by atoms with E-state index in [-0.39, 0.29) is 5.91 Å². The van der Waals surface area contributed by atoms with Gasteiger partial charge in [-0.15, -0.1) is 0 Å². The van der Waals surface area contributed by atoms with Crippen molar-refractivity contribution in [3.63, 3.8) is 0 Å². The third-order valence-electron chi connectivity index (χ3n) is 1.58. The van der Waals surface area contributed by atoms with Crippen LogP contribution in [0.3, 0.4) is 0 Å². The summed E-state index contributed by atoms with van der Waals surface area (Å²) < 4.78 is 0. The van der Waals surface area contributed by atoms with Crippen molar-refractivity contribution in [2.45, 2.75) is 0 Å². The molecule has 0 saturated heterocycles. The molecule has 3 nitrogen and oxygen atoms in total. The van der Waals surface area contributed by atoms with Gasteiger partial charge in [-0.1, -0.05) is 27.8 Å². The lowest BCUT2D eigenvalue weighted by atomic mass is 10.1. The summed E-state index contributed by atoms with van der Waals surface area (Å²) >= 11 is 3.20. The van der Waals surface area contributed by atoms with Gasteiger partial charge in [-0.2, -0.15) is 0 Å². The molecule has 0 saturated carbocycles. The number of benzene rings is 1. The minimum absolute atomic E-state index is 0.301. The molecule has 1 amide bonds. The Morgan fingerprint density at radius 1 is 1.43 bits per heavy atom. The van der Waals surface area contributed by atoms with Gasteiger partial charge in [-0.25, -0.2) is 5.84 Å². The molecule has 0 bridgehead atoms. The Labute approximate surface area is 90.8 Å². The number of nitrogens with one attached hydrogen (secondary N) is 1. The molecule has 0 atom stereocenters. The number of hydrogen-bond acceptors (Lipinski definition) is 2. The highest BCUT2D eigenvalue weighted by molar-refractivity contribution is 9.09. The van der Waals surface area contributed by atoms with Crippen LogP contribution in [0.1, 0.15) is 15.9 Å². The Bertz CT molecular complexity index is 375. The van der Waals surface area contributed by atoms with Gasteiger partial charge in [0.25, 0.3) is 5.91 Å². The molecule has 0 aliphatic rings. The van der Waals surface area contributed by atoms with E-state index in [1.165, 1.54) is 0 Å². The molecule has 4 heteroatoms. The number of alkyl halides is 1.